The number of Topliss-reactive ketones (excluding diaryl/α,β-unsaturated/α-hetero) is 1. The lowest BCUT2D eigenvalue weighted by molar-refractivity contribution is -0.157. The first kappa shape index (κ1) is 50.3. The van der Waals surface area contributed by atoms with E-state index in [2.05, 4.69) is 10.2 Å². The number of aliphatic hydroxyl groups excluding tert-OH is 1. The van der Waals surface area contributed by atoms with Crippen molar-refractivity contribution in [1.82, 2.24) is 9.88 Å². The number of nitrogens with zero attached hydrogens (tertiary/aromatic N) is 2. The molecule has 0 unspecified atom stereocenters. The standard InChI is InChI=1S/C54H63N3O12/c1-27-16-15-17-28(2)53(63)56-45-48(61)42-41(44-51(45)68-40-24-37(20-21-38(40)55-44)65-26-36-19-14-13-18-35(36)25-57(10)11)43-50(33(7)47(42)60)69-54(9,52(43)62)66-23-22-39(64-12)32(6)49(67-34(8)58)31(5)29(3)30(4)46(27)59/h13-24,27,29-32,39,46,49,59-60H,25-26H2,1-12H3,(H,56,63)/b16-15+,23-22+,28-17-/t27-,29+,30-,31+,32+,39-,46-,49-,54-/m0/s1. The molecule has 69 heavy (non-hydrogen) atoms. The van der Waals surface area contributed by atoms with Crippen LogP contribution in [0.15, 0.2) is 87.8 Å². The maximum atomic E-state index is 14.9. The molecule has 4 bridgehead atoms. The Balaban J connectivity index is 1.40. The third kappa shape index (κ3) is 9.86. The second-order valence-corrected chi connectivity index (χ2v) is 19.0. The summed E-state index contributed by atoms with van der Waals surface area (Å²) < 4.78 is 37.1. The smallest absolute Gasteiger partial charge is 0.312 e. The van der Waals surface area contributed by atoms with Gasteiger partial charge in [0.2, 0.25) is 5.43 Å². The van der Waals surface area contributed by atoms with Crippen molar-refractivity contribution in [3.63, 3.8) is 0 Å². The van der Waals surface area contributed by atoms with Crippen LogP contribution in [0, 0.1) is 36.5 Å². The number of hydrogen-bond acceptors (Lipinski definition) is 14. The number of esters is 1. The van der Waals surface area contributed by atoms with E-state index in [-0.39, 0.29) is 86.2 Å². The number of aromatic nitrogens is 1. The van der Waals surface area contributed by atoms with E-state index < -0.39 is 58.9 Å². The van der Waals surface area contributed by atoms with Gasteiger partial charge in [0.25, 0.3) is 11.7 Å². The first-order chi connectivity index (χ1) is 32.7. The molecular formula is C54H63N3O12. The highest BCUT2D eigenvalue weighted by Crippen LogP contribution is 2.50. The maximum Gasteiger partial charge on any atom is 0.312 e. The number of hydrogen-bond donors (Lipinski definition) is 3. The van der Waals surface area contributed by atoms with E-state index in [9.17, 15) is 29.4 Å². The average molecular weight is 946 g/mol. The number of methoxy groups -OCH3 is 1. The van der Waals surface area contributed by atoms with E-state index >= 15 is 0 Å². The normalized spacial score (nSPS) is 27.5. The largest absolute Gasteiger partial charge is 0.507 e. The van der Waals surface area contributed by atoms with Gasteiger partial charge in [-0.2, -0.15) is 0 Å². The molecule has 3 aliphatic heterocycles. The number of phenolic OH excluding ortho intramolecular Hbond substituents is 1. The first-order valence-corrected chi connectivity index (χ1v) is 23.2. The van der Waals surface area contributed by atoms with E-state index in [0.29, 0.717) is 11.3 Å². The maximum absolute atomic E-state index is 14.9. The van der Waals surface area contributed by atoms with Gasteiger partial charge in [-0.15, -0.1) is 0 Å². The summed E-state index contributed by atoms with van der Waals surface area (Å²) in [4.78, 5) is 63.3. The van der Waals surface area contributed by atoms with E-state index in [1.165, 1.54) is 34.1 Å². The van der Waals surface area contributed by atoms with Gasteiger partial charge in [0.05, 0.1) is 29.4 Å². The predicted molar refractivity (Wildman–Crippen MR) is 262 cm³/mol. The second kappa shape index (κ2) is 20.2. The number of phenols is 1. The topological polar surface area (TPSA) is 196 Å². The molecule has 15 heteroatoms. The van der Waals surface area contributed by atoms with Gasteiger partial charge in [-0.3, -0.25) is 19.2 Å². The number of carbonyl (C=O) groups is 3. The molecule has 9 atom stereocenters. The van der Waals surface area contributed by atoms with Gasteiger partial charge in [-0.25, -0.2) is 4.98 Å². The van der Waals surface area contributed by atoms with Crippen LogP contribution in [0.4, 0.5) is 5.69 Å². The summed E-state index contributed by atoms with van der Waals surface area (Å²) in [5.74, 6) is -5.55. The number of benzene rings is 4. The summed E-state index contributed by atoms with van der Waals surface area (Å²) in [5, 5.41) is 25.9. The molecule has 7 rings (SSSR count). The van der Waals surface area contributed by atoms with Gasteiger partial charge in [-0.05, 0) is 75.0 Å². The van der Waals surface area contributed by atoms with Crippen LogP contribution in [0.2, 0.25) is 0 Å². The van der Waals surface area contributed by atoms with Crippen molar-refractivity contribution in [3.8, 4) is 28.7 Å². The number of fused-ring (bicyclic) bond motifs is 2. The molecule has 3 N–H and O–H groups in total. The van der Waals surface area contributed by atoms with Crippen molar-refractivity contribution in [2.75, 3.05) is 26.5 Å². The molecule has 4 aliphatic rings. The third-order valence-corrected chi connectivity index (χ3v) is 13.9. The highest BCUT2D eigenvalue weighted by molar-refractivity contribution is 6.22. The van der Waals surface area contributed by atoms with Crippen LogP contribution in [0.25, 0.3) is 33.3 Å². The summed E-state index contributed by atoms with van der Waals surface area (Å²) in [6.07, 6.45) is 5.73. The Bertz CT molecular complexity index is 2920. The number of ether oxygens (including phenoxy) is 5. The zero-order valence-corrected chi connectivity index (χ0v) is 41.3. The number of ketones is 1. The Morgan fingerprint density at radius 2 is 1.65 bits per heavy atom. The van der Waals surface area contributed by atoms with E-state index in [0.717, 1.165) is 17.7 Å². The summed E-state index contributed by atoms with van der Waals surface area (Å²) in [6.45, 7) is 16.5. The third-order valence-electron chi connectivity index (χ3n) is 13.9. The number of anilines is 1. The number of carbonyl (C=O) groups excluding carboxylic acids is 3. The molecule has 1 aliphatic carbocycles. The molecule has 0 fully saturated rings. The minimum Gasteiger partial charge on any atom is -0.507 e. The molecule has 3 heterocycles. The second-order valence-electron chi connectivity index (χ2n) is 19.0. The van der Waals surface area contributed by atoms with Crippen molar-refractivity contribution in [1.29, 1.82) is 0 Å². The van der Waals surface area contributed by atoms with Crippen LogP contribution < -0.4 is 20.2 Å². The van der Waals surface area contributed by atoms with Crippen molar-refractivity contribution < 1.29 is 52.7 Å². The van der Waals surface area contributed by atoms with Crippen molar-refractivity contribution >= 4 is 45.2 Å². The molecule has 0 aromatic heterocycles. The highest BCUT2D eigenvalue weighted by atomic mass is 16.7. The first-order valence-electron chi connectivity index (χ1n) is 23.2. The van der Waals surface area contributed by atoms with E-state index in [1.54, 1.807) is 49.4 Å². The van der Waals surface area contributed by atoms with Crippen molar-refractivity contribution in [3.05, 3.63) is 111 Å². The molecule has 366 valence electrons. The Hall–Kier alpha value is -6.55. The summed E-state index contributed by atoms with van der Waals surface area (Å²) in [5.41, 5.74) is 1.66. The lowest BCUT2D eigenvalue weighted by Gasteiger charge is -2.39. The fraction of sp³-hybridized carbons (Fsp3) is 0.426. The van der Waals surface area contributed by atoms with Gasteiger partial charge in [0.15, 0.2) is 11.3 Å². The lowest BCUT2D eigenvalue weighted by Crippen LogP contribution is -2.43. The molecule has 3 aromatic carbocycles. The average Bonchev–Trinajstić information content (AvgIpc) is 3.58. The van der Waals surface area contributed by atoms with Crippen LogP contribution in [0.3, 0.4) is 0 Å². The van der Waals surface area contributed by atoms with Gasteiger partial charge in [0, 0.05) is 61.9 Å². The molecular weight excluding hydrogens is 883 g/mol. The SMILES string of the molecule is CO[C@H]1/C=C/O[C@@]2(C)Oc3c(C)c(O)c4c(=O)c(c5oc6cc(OCc7ccccc7CN(C)C)ccc6nc-5c4c3C2=O)NC(=O)/C(C)=C\C=C\[C@H](C)[C@H](O)[C@@H](C)[C@@H](C)[C@@H](C)[C@H](OC(C)=O)[C@@H]1C. The number of nitrogens with one attached hydrogen (secondary N) is 1. The number of aromatic hydroxyl groups is 1. The Morgan fingerprint density at radius 1 is 0.942 bits per heavy atom. The van der Waals surface area contributed by atoms with Crippen LogP contribution in [-0.4, -0.2) is 83.1 Å². The van der Waals surface area contributed by atoms with Crippen LogP contribution in [-0.2, 0) is 37.0 Å². The van der Waals surface area contributed by atoms with E-state index in [4.69, 9.17) is 33.1 Å². The van der Waals surface area contributed by atoms with Crippen molar-refractivity contribution in [2.24, 2.45) is 29.6 Å². The fourth-order valence-electron chi connectivity index (χ4n) is 9.44. The van der Waals surface area contributed by atoms with Crippen LogP contribution in [0.1, 0.15) is 82.4 Å². The summed E-state index contributed by atoms with van der Waals surface area (Å²) >= 11 is 0. The van der Waals surface area contributed by atoms with Gasteiger partial charge >= 0.3 is 11.8 Å². The molecule has 15 nitrogen and oxygen atoms in total. The Labute approximate surface area is 402 Å². The molecule has 0 radical (unpaired) electrons. The van der Waals surface area contributed by atoms with Gasteiger partial charge in [0.1, 0.15) is 46.9 Å². The number of aliphatic hydroxyl groups is 1. The van der Waals surface area contributed by atoms with Gasteiger partial charge in [-0.1, -0.05) is 77.1 Å². The highest BCUT2D eigenvalue weighted by Gasteiger charge is 2.50. The summed E-state index contributed by atoms with van der Waals surface area (Å²) in [7, 11) is 5.49. The van der Waals surface area contributed by atoms with E-state index in [1.807, 2.05) is 73.0 Å². The molecule has 0 spiro atoms. The van der Waals surface area contributed by atoms with Crippen LogP contribution in [0.5, 0.6) is 17.2 Å². The number of allylic oxidation sites excluding steroid dienone is 2. The van der Waals surface area contributed by atoms with Crippen LogP contribution >= 0.6 is 0 Å². The molecule has 1 amide bonds. The Kier molecular flexibility index (Phi) is 14.7. The lowest BCUT2D eigenvalue weighted by atomic mass is 9.73. The zero-order valence-electron chi connectivity index (χ0n) is 41.3. The fourth-order valence-corrected chi connectivity index (χ4v) is 9.44. The summed E-state index contributed by atoms with van der Waals surface area (Å²) in [6, 6.07) is 13.0. The Morgan fingerprint density at radius 3 is 2.33 bits per heavy atom. The zero-order chi connectivity index (χ0) is 50.2. The minimum absolute atomic E-state index is 0.0111. The predicted octanol–water partition coefficient (Wildman–Crippen LogP) is 8.86. The molecule has 0 saturated carbocycles. The van der Waals surface area contributed by atoms with Crippen molar-refractivity contribution in [2.45, 2.75) is 99.6 Å². The molecule has 0 saturated heterocycles. The quantitative estimate of drug-likeness (QED) is 0.0795. The van der Waals surface area contributed by atoms with Gasteiger partial charge < -0.3 is 48.5 Å². The minimum atomic E-state index is -2.01. The monoisotopic (exact) mass is 945 g/mol. The molecule has 3 aromatic rings. The number of amides is 1. The number of rotatable bonds is 7.